The average molecular weight is 226 g/mol. The maximum atomic E-state index is 5.59. The van der Waals surface area contributed by atoms with E-state index in [4.69, 9.17) is 9.47 Å². The van der Waals surface area contributed by atoms with Crippen molar-refractivity contribution in [2.45, 2.75) is 70.7 Å². The second-order valence-electron chi connectivity index (χ2n) is 4.70. The molecule has 2 heteroatoms. The van der Waals surface area contributed by atoms with Crippen LogP contribution in [0.15, 0.2) is 12.7 Å². The van der Waals surface area contributed by atoms with Crippen LogP contribution >= 0.6 is 0 Å². The molecule has 0 N–H and O–H groups in total. The Morgan fingerprint density at radius 2 is 1.81 bits per heavy atom. The van der Waals surface area contributed by atoms with E-state index in [1.165, 1.54) is 44.9 Å². The van der Waals surface area contributed by atoms with Crippen molar-refractivity contribution in [1.82, 2.24) is 0 Å². The third-order valence-electron chi connectivity index (χ3n) is 3.00. The van der Waals surface area contributed by atoms with Crippen molar-refractivity contribution in [3.05, 3.63) is 12.7 Å². The SMILES string of the molecule is C=CCCCCCCCC[C@H]1OC[C@H](C)O1. The summed E-state index contributed by atoms with van der Waals surface area (Å²) < 4.78 is 11.1. The predicted molar refractivity (Wildman–Crippen MR) is 67.4 cm³/mol. The lowest BCUT2D eigenvalue weighted by atomic mass is 10.1. The Labute approximate surface area is 100 Å². The van der Waals surface area contributed by atoms with Crippen LogP contribution in [0.4, 0.5) is 0 Å². The minimum Gasteiger partial charge on any atom is -0.350 e. The monoisotopic (exact) mass is 226 g/mol. The molecule has 0 aromatic heterocycles. The van der Waals surface area contributed by atoms with Crippen molar-refractivity contribution in [3.8, 4) is 0 Å². The molecule has 0 aromatic carbocycles. The van der Waals surface area contributed by atoms with Gasteiger partial charge in [-0.25, -0.2) is 0 Å². The van der Waals surface area contributed by atoms with E-state index in [0.29, 0.717) is 6.10 Å². The van der Waals surface area contributed by atoms with E-state index < -0.39 is 0 Å². The summed E-state index contributed by atoms with van der Waals surface area (Å²) >= 11 is 0. The lowest BCUT2D eigenvalue weighted by molar-refractivity contribution is -0.0604. The van der Waals surface area contributed by atoms with Gasteiger partial charge in [-0.15, -0.1) is 6.58 Å². The molecule has 16 heavy (non-hydrogen) atoms. The van der Waals surface area contributed by atoms with E-state index in [-0.39, 0.29) is 6.29 Å². The van der Waals surface area contributed by atoms with Crippen molar-refractivity contribution >= 4 is 0 Å². The minimum atomic E-state index is 0.0794. The van der Waals surface area contributed by atoms with Crippen LogP contribution in [-0.4, -0.2) is 19.0 Å². The normalized spacial score (nSPS) is 24.8. The molecule has 0 spiro atoms. The highest BCUT2D eigenvalue weighted by Crippen LogP contribution is 2.17. The van der Waals surface area contributed by atoms with Gasteiger partial charge in [-0.1, -0.05) is 31.8 Å². The molecule has 1 heterocycles. The van der Waals surface area contributed by atoms with Crippen LogP contribution in [0.2, 0.25) is 0 Å². The zero-order valence-corrected chi connectivity index (χ0v) is 10.6. The number of allylic oxidation sites excluding steroid dienone is 1. The van der Waals surface area contributed by atoms with Gasteiger partial charge in [0.05, 0.1) is 12.7 Å². The van der Waals surface area contributed by atoms with Gasteiger partial charge in [0, 0.05) is 0 Å². The summed E-state index contributed by atoms with van der Waals surface area (Å²) in [5.74, 6) is 0. The summed E-state index contributed by atoms with van der Waals surface area (Å²) in [6.45, 7) is 6.57. The Kier molecular flexibility index (Phi) is 7.52. The van der Waals surface area contributed by atoms with Gasteiger partial charge in [-0.05, 0) is 32.6 Å². The molecule has 94 valence electrons. The summed E-state index contributed by atoms with van der Waals surface area (Å²) in [5.41, 5.74) is 0. The second kappa shape index (κ2) is 8.77. The van der Waals surface area contributed by atoms with Gasteiger partial charge in [0.15, 0.2) is 6.29 Å². The standard InChI is InChI=1S/C14H26O2/c1-3-4-5-6-7-8-9-10-11-14-15-12-13(2)16-14/h3,13-14H,1,4-12H2,2H3/t13-,14-/m0/s1. The first-order valence-corrected chi connectivity index (χ1v) is 6.71. The van der Waals surface area contributed by atoms with Gasteiger partial charge in [0.2, 0.25) is 0 Å². The molecule has 1 aliphatic rings. The molecule has 0 saturated carbocycles. The lowest BCUT2D eigenvalue weighted by Crippen LogP contribution is -2.08. The van der Waals surface area contributed by atoms with Gasteiger partial charge in [-0.3, -0.25) is 0 Å². The van der Waals surface area contributed by atoms with Gasteiger partial charge >= 0.3 is 0 Å². The van der Waals surface area contributed by atoms with Crippen LogP contribution in [0.1, 0.15) is 58.3 Å². The molecular weight excluding hydrogens is 200 g/mol. The molecule has 0 aliphatic carbocycles. The van der Waals surface area contributed by atoms with Crippen molar-refractivity contribution in [2.75, 3.05) is 6.61 Å². The Balaban J connectivity index is 1.79. The number of hydrogen-bond acceptors (Lipinski definition) is 2. The van der Waals surface area contributed by atoms with Crippen LogP contribution in [-0.2, 0) is 9.47 Å². The average Bonchev–Trinajstić information content (AvgIpc) is 2.68. The first-order valence-electron chi connectivity index (χ1n) is 6.71. The molecule has 0 amide bonds. The number of hydrogen-bond donors (Lipinski definition) is 0. The summed E-state index contributed by atoms with van der Waals surface area (Å²) in [7, 11) is 0. The Bertz CT molecular complexity index is 180. The van der Waals surface area contributed by atoms with Crippen molar-refractivity contribution < 1.29 is 9.47 Å². The first-order chi connectivity index (χ1) is 7.83. The molecular formula is C14H26O2. The fourth-order valence-electron chi connectivity index (χ4n) is 2.04. The number of ether oxygens (including phenoxy) is 2. The molecule has 0 bridgehead atoms. The Hall–Kier alpha value is -0.340. The van der Waals surface area contributed by atoms with Crippen molar-refractivity contribution in [3.63, 3.8) is 0 Å². The molecule has 2 nitrogen and oxygen atoms in total. The predicted octanol–water partition coefficient (Wildman–Crippen LogP) is 4.05. The molecule has 1 rings (SSSR count). The summed E-state index contributed by atoms with van der Waals surface area (Å²) in [6.07, 6.45) is 12.5. The van der Waals surface area contributed by atoms with Gasteiger partial charge < -0.3 is 9.47 Å². The third-order valence-corrected chi connectivity index (χ3v) is 3.00. The fourth-order valence-corrected chi connectivity index (χ4v) is 2.04. The van der Waals surface area contributed by atoms with Gasteiger partial charge in [0.1, 0.15) is 0 Å². The molecule has 0 aromatic rings. The quantitative estimate of drug-likeness (QED) is 0.436. The van der Waals surface area contributed by atoms with E-state index in [0.717, 1.165) is 13.0 Å². The van der Waals surface area contributed by atoms with Crippen LogP contribution in [0.3, 0.4) is 0 Å². The summed E-state index contributed by atoms with van der Waals surface area (Å²) in [5, 5.41) is 0. The van der Waals surface area contributed by atoms with Gasteiger partial charge in [0.25, 0.3) is 0 Å². The topological polar surface area (TPSA) is 18.5 Å². The highest BCUT2D eigenvalue weighted by Gasteiger charge is 2.21. The Morgan fingerprint density at radius 1 is 1.12 bits per heavy atom. The molecule has 1 fully saturated rings. The van der Waals surface area contributed by atoms with E-state index in [1.807, 2.05) is 6.08 Å². The van der Waals surface area contributed by atoms with E-state index in [2.05, 4.69) is 13.5 Å². The van der Waals surface area contributed by atoms with Crippen LogP contribution in [0.5, 0.6) is 0 Å². The van der Waals surface area contributed by atoms with Crippen molar-refractivity contribution in [1.29, 1.82) is 0 Å². The van der Waals surface area contributed by atoms with Crippen molar-refractivity contribution in [2.24, 2.45) is 0 Å². The number of rotatable bonds is 9. The summed E-state index contributed by atoms with van der Waals surface area (Å²) in [4.78, 5) is 0. The second-order valence-corrected chi connectivity index (χ2v) is 4.70. The summed E-state index contributed by atoms with van der Waals surface area (Å²) in [6, 6.07) is 0. The van der Waals surface area contributed by atoms with E-state index >= 15 is 0 Å². The Morgan fingerprint density at radius 3 is 2.44 bits per heavy atom. The zero-order valence-electron chi connectivity index (χ0n) is 10.6. The third kappa shape index (κ3) is 6.29. The smallest absolute Gasteiger partial charge is 0.158 e. The number of unbranched alkanes of at least 4 members (excludes halogenated alkanes) is 6. The molecule has 1 saturated heterocycles. The lowest BCUT2D eigenvalue weighted by Gasteiger charge is -2.09. The highest BCUT2D eigenvalue weighted by atomic mass is 16.7. The molecule has 0 radical (unpaired) electrons. The van der Waals surface area contributed by atoms with Crippen LogP contribution in [0.25, 0.3) is 0 Å². The zero-order chi connectivity index (χ0) is 11.6. The molecule has 2 atom stereocenters. The fraction of sp³-hybridized carbons (Fsp3) is 0.857. The largest absolute Gasteiger partial charge is 0.350 e. The maximum Gasteiger partial charge on any atom is 0.158 e. The van der Waals surface area contributed by atoms with Gasteiger partial charge in [-0.2, -0.15) is 0 Å². The van der Waals surface area contributed by atoms with Crippen LogP contribution < -0.4 is 0 Å². The molecule has 0 unspecified atom stereocenters. The first kappa shape index (κ1) is 13.7. The van der Waals surface area contributed by atoms with Crippen LogP contribution in [0, 0.1) is 0 Å². The highest BCUT2D eigenvalue weighted by molar-refractivity contribution is 4.65. The molecule has 1 aliphatic heterocycles. The van der Waals surface area contributed by atoms with E-state index in [9.17, 15) is 0 Å². The maximum absolute atomic E-state index is 5.59. The van der Waals surface area contributed by atoms with E-state index in [1.54, 1.807) is 0 Å². The minimum absolute atomic E-state index is 0.0794.